The Kier molecular flexibility index (Phi) is 7.59. The van der Waals surface area contributed by atoms with E-state index in [4.69, 9.17) is 9.47 Å². The summed E-state index contributed by atoms with van der Waals surface area (Å²) in [5.41, 5.74) is 1.07. The molecule has 2 aromatic carbocycles. The number of anilines is 1. The first-order chi connectivity index (χ1) is 15.7. The lowest BCUT2D eigenvalue weighted by Gasteiger charge is -2.21. The second-order valence-electron chi connectivity index (χ2n) is 7.30. The molecule has 1 N–H and O–H groups in total. The number of nitrogens with one attached hydrogen (secondary N) is 1. The Labute approximate surface area is 192 Å². The van der Waals surface area contributed by atoms with Crippen molar-refractivity contribution < 1.29 is 32.3 Å². The molecule has 176 valence electrons. The van der Waals surface area contributed by atoms with Crippen molar-refractivity contribution in [3.8, 4) is 0 Å². The van der Waals surface area contributed by atoms with Gasteiger partial charge in [-0.05, 0) is 42.5 Å². The van der Waals surface area contributed by atoms with E-state index in [0.29, 0.717) is 5.69 Å². The van der Waals surface area contributed by atoms with Crippen molar-refractivity contribution in [2.24, 2.45) is 0 Å². The van der Waals surface area contributed by atoms with Crippen LogP contribution in [0.25, 0.3) is 0 Å². The van der Waals surface area contributed by atoms with Gasteiger partial charge in [-0.15, -0.1) is 0 Å². The minimum atomic E-state index is -3.80. The maximum Gasteiger partial charge on any atom is 0.261 e. The van der Waals surface area contributed by atoms with Crippen LogP contribution in [0.15, 0.2) is 47.4 Å². The maximum atomic E-state index is 13.0. The zero-order valence-electron chi connectivity index (χ0n) is 18.5. The summed E-state index contributed by atoms with van der Waals surface area (Å²) >= 11 is 0. The normalized spacial score (nSPS) is 13.5. The van der Waals surface area contributed by atoms with Crippen LogP contribution in [0.5, 0.6) is 0 Å². The SMILES string of the molecule is COCCN(CCOC)S(=O)(=O)c1ccc(C(=O)Nc2ccc3c(c2)C(=O)N(C)C3=O)cc1. The first kappa shape index (κ1) is 24.5. The predicted molar refractivity (Wildman–Crippen MR) is 120 cm³/mol. The molecule has 0 saturated heterocycles. The molecule has 3 rings (SSSR count). The number of amides is 3. The summed E-state index contributed by atoms with van der Waals surface area (Å²) < 4.78 is 37.2. The Morgan fingerprint density at radius 1 is 0.939 bits per heavy atom. The number of ether oxygens (including phenoxy) is 2. The highest BCUT2D eigenvalue weighted by Gasteiger charge is 2.32. The summed E-state index contributed by atoms with van der Waals surface area (Å²) in [6, 6.07) is 9.99. The molecule has 10 nitrogen and oxygen atoms in total. The first-order valence-electron chi connectivity index (χ1n) is 10.1. The van der Waals surface area contributed by atoms with Crippen molar-refractivity contribution in [1.82, 2.24) is 9.21 Å². The Hall–Kier alpha value is -3.12. The average Bonchev–Trinajstić information content (AvgIpc) is 3.02. The minimum absolute atomic E-state index is 0.0379. The van der Waals surface area contributed by atoms with Crippen molar-refractivity contribution in [1.29, 1.82) is 0 Å². The number of benzene rings is 2. The molecule has 0 radical (unpaired) electrons. The molecule has 0 saturated carbocycles. The van der Waals surface area contributed by atoms with E-state index in [1.807, 2.05) is 0 Å². The molecular formula is C22H25N3O7S. The summed E-state index contributed by atoms with van der Waals surface area (Å²) in [5.74, 6) is -1.32. The van der Waals surface area contributed by atoms with Crippen molar-refractivity contribution in [2.45, 2.75) is 4.90 Å². The second kappa shape index (κ2) is 10.2. The Morgan fingerprint density at radius 3 is 2.09 bits per heavy atom. The third kappa shape index (κ3) is 5.11. The van der Waals surface area contributed by atoms with E-state index in [1.54, 1.807) is 0 Å². The fourth-order valence-electron chi connectivity index (χ4n) is 3.31. The fraction of sp³-hybridized carbons (Fsp3) is 0.318. The summed E-state index contributed by atoms with van der Waals surface area (Å²) in [5, 5.41) is 2.66. The highest BCUT2D eigenvalue weighted by atomic mass is 32.2. The summed E-state index contributed by atoms with van der Waals surface area (Å²) in [4.78, 5) is 37.8. The number of imide groups is 1. The van der Waals surface area contributed by atoms with Crippen LogP contribution in [0.4, 0.5) is 5.69 Å². The molecular weight excluding hydrogens is 450 g/mol. The van der Waals surface area contributed by atoms with Crippen molar-refractivity contribution in [3.63, 3.8) is 0 Å². The molecule has 2 aromatic rings. The van der Waals surface area contributed by atoms with Gasteiger partial charge in [-0.25, -0.2) is 8.42 Å². The van der Waals surface area contributed by atoms with Crippen LogP contribution in [0.3, 0.4) is 0 Å². The molecule has 0 aliphatic carbocycles. The molecule has 33 heavy (non-hydrogen) atoms. The van der Waals surface area contributed by atoms with E-state index in [1.165, 1.54) is 68.0 Å². The number of rotatable bonds is 10. The standard InChI is InChI=1S/C22H25N3O7S/c1-24-21(27)18-9-6-16(14-19(18)22(24)28)23-20(26)15-4-7-17(8-5-15)33(29,30)25(10-12-31-2)11-13-32-3/h4-9,14H,10-13H2,1-3H3,(H,23,26). The minimum Gasteiger partial charge on any atom is -0.383 e. The van der Waals surface area contributed by atoms with E-state index in [9.17, 15) is 22.8 Å². The van der Waals surface area contributed by atoms with E-state index in [2.05, 4.69) is 5.32 Å². The molecule has 1 aliphatic heterocycles. The van der Waals surface area contributed by atoms with Crippen LogP contribution in [0.1, 0.15) is 31.1 Å². The number of hydrogen-bond donors (Lipinski definition) is 1. The van der Waals surface area contributed by atoms with Gasteiger partial charge in [0.05, 0.1) is 29.2 Å². The van der Waals surface area contributed by atoms with Gasteiger partial charge in [-0.3, -0.25) is 19.3 Å². The highest BCUT2D eigenvalue weighted by Crippen LogP contribution is 2.25. The van der Waals surface area contributed by atoms with Gasteiger partial charge >= 0.3 is 0 Å². The van der Waals surface area contributed by atoms with Crippen LogP contribution in [-0.2, 0) is 19.5 Å². The smallest absolute Gasteiger partial charge is 0.261 e. The molecule has 0 bridgehead atoms. The molecule has 1 aliphatic rings. The second-order valence-corrected chi connectivity index (χ2v) is 9.24. The third-order valence-electron chi connectivity index (χ3n) is 5.19. The highest BCUT2D eigenvalue weighted by molar-refractivity contribution is 7.89. The van der Waals surface area contributed by atoms with E-state index < -0.39 is 27.7 Å². The molecule has 0 unspecified atom stereocenters. The maximum absolute atomic E-state index is 13.0. The molecule has 0 fully saturated rings. The quantitative estimate of drug-likeness (QED) is 0.516. The van der Waals surface area contributed by atoms with Gasteiger partial charge in [-0.1, -0.05) is 0 Å². The van der Waals surface area contributed by atoms with Gasteiger partial charge in [0.1, 0.15) is 0 Å². The van der Waals surface area contributed by atoms with Crippen molar-refractivity contribution in [2.75, 3.05) is 52.9 Å². The van der Waals surface area contributed by atoms with E-state index in [0.717, 1.165) is 4.90 Å². The van der Waals surface area contributed by atoms with Crippen molar-refractivity contribution >= 4 is 33.4 Å². The number of sulfonamides is 1. The fourth-order valence-corrected chi connectivity index (χ4v) is 4.72. The zero-order valence-corrected chi connectivity index (χ0v) is 19.3. The summed E-state index contributed by atoms with van der Waals surface area (Å²) in [7, 11) is 0.566. The van der Waals surface area contributed by atoms with Crippen LogP contribution >= 0.6 is 0 Å². The van der Waals surface area contributed by atoms with Gasteiger partial charge in [-0.2, -0.15) is 4.31 Å². The molecule has 0 spiro atoms. The Morgan fingerprint density at radius 2 is 1.52 bits per heavy atom. The average molecular weight is 476 g/mol. The molecule has 3 amide bonds. The number of fused-ring (bicyclic) bond motifs is 1. The van der Waals surface area contributed by atoms with Gasteiger partial charge in [0.2, 0.25) is 10.0 Å². The van der Waals surface area contributed by atoms with E-state index >= 15 is 0 Å². The topological polar surface area (TPSA) is 122 Å². The van der Waals surface area contributed by atoms with Crippen LogP contribution in [0, 0.1) is 0 Å². The number of hydrogen-bond acceptors (Lipinski definition) is 7. The summed E-state index contributed by atoms with van der Waals surface area (Å²) in [6.45, 7) is 0.792. The van der Waals surface area contributed by atoms with Gasteiger partial charge < -0.3 is 14.8 Å². The molecule has 1 heterocycles. The lowest BCUT2D eigenvalue weighted by molar-refractivity contribution is 0.0692. The van der Waals surface area contributed by atoms with Gasteiger partial charge in [0, 0.05) is 45.6 Å². The number of carbonyl (C=O) groups excluding carboxylic acids is 3. The zero-order chi connectivity index (χ0) is 24.2. The first-order valence-corrected chi connectivity index (χ1v) is 11.5. The third-order valence-corrected chi connectivity index (χ3v) is 7.10. The van der Waals surface area contributed by atoms with Crippen LogP contribution in [0.2, 0.25) is 0 Å². The van der Waals surface area contributed by atoms with Crippen LogP contribution < -0.4 is 5.32 Å². The number of nitrogens with zero attached hydrogens (tertiary/aromatic N) is 2. The lowest BCUT2D eigenvalue weighted by Crippen LogP contribution is -2.36. The lowest BCUT2D eigenvalue weighted by atomic mass is 10.1. The number of methoxy groups -OCH3 is 2. The molecule has 11 heteroatoms. The Bertz CT molecular complexity index is 1160. The van der Waals surface area contributed by atoms with E-state index in [-0.39, 0.29) is 47.9 Å². The van der Waals surface area contributed by atoms with Crippen molar-refractivity contribution in [3.05, 3.63) is 59.2 Å². The molecule has 0 atom stereocenters. The van der Waals surface area contributed by atoms with Crippen LogP contribution in [-0.4, -0.2) is 82.9 Å². The Balaban J connectivity index is 1.75. The predicted octanol–water partition coefficient (Wildman–Crippen LogP) is 1.45. The van der Waals surface area contributed by atoms with Gasteiger partial charge in [0.15, 0.2) is 0 Å². The monoisotopic (exact) mass is 475 g/mol. The molecule has 0 aromatic heterocycles. The summed E-state index contributed by atoms with van der Waals surface area (Å²) in [6.07, 6.45) is 0. The largest absolute Gasteiger partial charge is 0.383 e. The number of carbonyl (C=O) groups is 3. The van der Waals surface area contributed by atoms with Gasteiger partial charge in [0.25, 0.3) is 17.7 Å².